The van der Waals surface area contributed by atoms with Crippen LogP contribution < -0.4 is 9.47 Å². The molecule has 1 aromatic carbocycles. The maximum absolute atomic E-state index is 10.2. The predicted molar refractivity (Wildman–Crippen MR) is 63.5 cm³/mol. The van der Waals surface area contributed by atoms with Gasteiger partial charge in [0.05, 0.1) is 7.11 Å². The fourth-order valence-corrected chi connectivity index (χ4v) is 1.80. The second kappa shape index (κ2) is 5.38. The molecule has 4 nitrogen and oxygen atoms in total. The molecular weight excluding hydrogens is 220 g/mol. The van der Waals surface area contributed by atoms with E-state index >= 15 is 0 Å². The summed E-state index contributed by atoms with van der Waals surface area (Å²) in [5, 5.41) is 10.2. The summed E-state index contributed by atoms with van der Waals surface area (Å²) in [5.74, 6) is 1.46. The average molecular weight is 238 g/mol. The van der Waals surface area contributed by atoms with Gasteiger partial charge in [-0.3, -0.25) is 0 Å². The molecule has 94 valence electrons. The fourth-order valence-electron chi connectivity index (χ4n) is 1.80. The first-order chi connectivity index (χ1) is 8.22. The van der Waals surface area contributed by atoms with E-state index in [0.29, 0.717) is 38.4 Å². The van der Waals surface area contributed by atoms with Crippen LogP contribution >= 0.6 is 0 Å². The van der Waals surface area contributed by atoms with Crippen molar-refractivity contribution in [3.8, 4) is 11.5 Å². The molecule has 1 fully saturated rings. The number of hydrogen-bond donors (Lipinski definition) is 1. The van der Waals surface area contributed by atoms with Crippen LogP contribution in [0, 0.1) is 0 Å². The highest BCUT2D eigenvalue weighted by Crippen LogP contribution is 2.24. The van der Waals surface area contributed by atoms with Crippen molar-refractivity contribution >= 4 is 0 Å². The Balaban J connectivity index is 1.92. The summed E-state index contributed by atoms with van der Waals surface area (Å²) >= 11 is 0. The Hall–Kier alpha value is -1.26. The molecule has 0 saturated carbocycles. The first kappa shape index (κ1) is 12.2. The van der Waals surface area contributed by atoms with E-state index in [-0.39, 0.29) is 0 Å². The smallest absolute Gasteiger partial charge is 0.123 e. The zero-order valence-electron chi connectivity index (χ0n) is 10.0. The third kappa shape index (κ3) is 3.35. The quantitative estimate of drug-likeness (QED) is 0.865. The molecule has 0 bridgehead atoms. The largest absolute Gasteiger partial charge is 0.497 e. The maximum atomic E-state index is 10.2. The minimum Gasteiger partial charge on any atom is -0.497 e. The summed E-state index contributed by atoms with van der Waals surface area (Å²) in [6.45, 7) is 1.49. The third-order valence-corrected chi connectivity index (χ3v) is 2.97. The monoisotopic (exact) mass is 238 g/mol. The Morgan fingerprint density at radius 2 is 2.00 bits per heavy atom. The molecule has 1 aromatic rings. The van der Waals surface area contributed by atoms with Crippen molar-refractivity contribution in [3.05, 3.63) is 24.3 Å². The van der Waals surface area contributed by atoms with Crippen LogP contribution in [-0.2, 0) is 4.74 Å². The van der Waals surface area contributed by atoms with Crippen molar-refractivity contribution in [1.82, 2.24) is 0 Å². The van der Waals surface area contributed by atoms with E-state index in [4.69, 9.17) is 14.2 Å². The summed E-state index contributed by atoms with van der Waals surface area (Å²) in [7, 11) is 1.62. The summed E-state index contributed by atoms with van der Waals surface area (Å²) in [5.41, 5.74) is -0.763. The van der Waals surface area contributed by atoms with Crippen LogP contribution in [-0.4, -0.2) is 37.6 Å². The Bertz CT molecular complexity index is 358. The summed E-state index contributed by atoms with van der Waals surface area (Å²) in [4.78, 5) is 0. The number of rotatable bonds is 4. The minimum absolute atomic E-state index is 0.295. The van der Waals surface area contributed by atoms with Gasteiger partial charge in [0, 0.05) is 32.1 Å². The lowest BCUT2D eigenvalue weighted by molar-refractivity contribution is -0.0855. The van der Waals surface area contributed by atoms with Gasteiger partial charge < -0.3 is 19.3 Å². The van der Waals surface area contributed by atoms with E-state index < -0.39 is 5.60 Å². The molecule has 1 saturated heterocycles. The molecule has 2 rings (SSSR count). The van der Waals surface area contributed by atoms with Gasteiger partial charge in [-0.25, -0.2) is 0 Å². The predicted octanol–water partition coefficient (Wildman–Crippen LogP) is 1.62. The Labute approximate surface area is 101 Å². The average Bonchev–Trinajstić information content (AvgIpc) is 2.38. The Morgan fingerprint density at radius 1 is 1.29 bits per heavy atom. The molecular formula is C13H18O4. The molecule has 1 aliphatic heterocycles. The zero-order valence-corrected chi connectivity index (χ0v) is 10.0. The van der Waals surface area contributed by atoms with E-state index in [9.17, 15) is 5.11 Å². The molecule has 0 radical (unpaired) electrons. The highest BCUT2D eigenvalue weighted by molar-refractivity contribution is 5.32. The normalized spacial score (nSPS) is 18.7. The molecule has 4 heteroatoms. The van der Waals surface area contributed by atoms with E-state index in [1.807, 2.05) is 24.3 Å². The molecule has 0 spiro atoms. The molecule has 0 amide bonds. The van der Waals surface area contributed by atoms with Gasteiger partial charge in [-0.1, -0.05) is 6.07 Å². The lowest BCUT2D eigenvalue weighted by Crippen LogP contribution is -2.41. The lowest BCUT2D eigenvalue weighted by Gasteiger charge is -2.31. The van der Waals surface area contributed by atoms with E-state index in [0.717, 1.165) is 5.75 Å². The fraction of sp³-hybridized carbons (Fsp3) is 0.538. The molecule has 0 aromatic heterocycles. The van der Waals surface area contributed by atoms with Crippen molar-refractivity contribution in [1.29, 1.82) is 0 Å². The van der Waals surface area contributed by atoms with Gasteiger partial charge >= 0.3 is 0 Å². The first-order valence-electron chi connectivity index (χ1n) is 5.79. The molecule has 0 unspecified atom stereocenters. The van der Waals surface area contributed by atoms with E-state index in [2.05, 4.69) is 0 Å². The highest BCUT2D eigenvalue weighted by atomic mass is 16.5. The zero-order chi connectivity index (χ0) is 12.1. The number of ether oxygens (including phenoxy) is 3. The number of methoxy groups -OCH3 is 1. The van der Waals surface area contributed by atoms with Crippen LogP contribution in [0.3, 0.4) is 0 Å². The molecule has 0 aliphatic carbocycles. The van der Waals surface area contributed by atoms with Crippen LogP contribution in [0.1, 0.15) is 12.8 Å². The van der Waals surface area contributed by atoms with Gasteiger partial charge in [0.1, 0.15) is 23.7 Å². The van der Waals surface area contributed by atoms with Gasteiger partial charge in [0.15, 0.2) is 0 Å². The minimum atomic E-state index is -0.763. The topological polar surface area (TPSA) is 47.9 Å². The standard InChI is InChI=1S/C13H18O4/c1-15-11-3-2-4-12(9-11)17-10-13(14)5-7-16-8-6-13/h2-4,9,14H,5-8,10H2,1H3. The lowest BCUT2D eigenvalue weighted by atomic mass is 9.96. The summed E-state index contributed by atoms with van der Waals surface area (Å²) < 4.78 is 15.9. The molecule has 17 heavy (non-hydrogen) atoms. The maximum Gasteiger partial charge on any atom is 0.123 e. The van der Waals surface area contributed by atoms with Crippen LogP contribution in [0.25, 0.3) is 0 Å². The SMILES string of the molecule is COc1cccc(OCC2(O)CCOCC2)c1. The molecule has 0 atom stereocenters. The molecule has 1 heterocycles. The van der Waals surface area contributed by atoms with Gasteiger partial charge in [-0.05, 0) is 12.1 Å². The van der Waals surface area contributed by atoms with Crippen molar-refractivity contribution in [2.75, 3.05) is 26.9 Å². The van der Waals surface area contributed by atoms with Crippen molar-refractivity contribution in [2.24, 2.45) is 0 Å². The van der Waals surface area contributed by atoms with Crippen molar-refractivity contribution in [3.63, 3.8) is 0 Å². The van der Waals surface area contributed by atoms with Crippen LogP contribution in [0.15, 0.2) is 24.3 Å². The second-order valence-corrected chi connectivity index (χ2v) is 4.30. The number of hydrogen-bond acceptors (Lipinski definition) is 4. The van der Waals surface area contributed by atoms with Gasteiger partial charge in [-0.15, -0.1) is 0 Å². The van der Waals surface area contributed by atoms with Crippen LogP contribution in [0.5, 0.6) is 11.5 Å². The first-order valence-corrected chi connectivity index (χ1v) is 5.79. The Kier molecular flexibility index (Phi) is 3.86. The van der Waals surface area contributed by atoms with Crippen molar-refractivity contribution in [2.45, 2.75) is 18.4 Å². The van der Waals surface area contributed by atoms with Gasteiger partial charge in [0.2, 0.25) is 0 Å². The number of benzene rings is 1. The summed E-state index contributed by atoms with van der Waals surface area (Å²) in [6, 6.07) is 7.38. The van der Waals surface area contributed by atoms with E-state index in [1.54, 1.807) is 7.11 Å². The molecule has 1 aliphatic rings. The highest BCUT2D eigenvalue weighted by Gasteiger charge is 2.30. The summed E-state index contributed by atoms with van der Waals surface area (Å²) in [6.07, 6.45) is 1.24. The van der Waals surface area contributed by atoms with Gasteiger partial charge in [-0.2, -0.15) is 0 Å². The van der Waals surface area contributed by atoms with Gasteiger partial charge in [0.25, 0.3) is 0 Å². The van der Waals surface area contributed by atoms with Crippen LogP contribution in [0.4, 0.5) is 0 Å². The Morgan fingerprint density at radius 3 is 2.71 bits per heavy atom. The number of aliphatic hydroxyl groups is 1. The molecule has 1 N–H and O–H groups in total. The van der Waals surface area contributed by atoms with Crippen LogP contribution in [0.2, 0.25) is 0 Å². The second-order valence-electron chi connectivity index (χ2n) is 4.30. The third-order valence-electron chi connectivity index (χ3n) is 2.97. The van der Waals surface area contributed by atoms with Crippen molar-refractivity contribution < 1.29 is 19.3 Å². The van der Waals surface area contributed by atoms with E-state index in [1.165, 1.54) is 0 Å².